The smallest absolute Gasteiger partial charge is 0.193 e. The number of aliphatic imine (C=N–C) groups is 1. The zero-order chi connectivity index (χ0) is 15.9. The van der Waals surface area contributed by atoms with Gasteiger partial charge in [0.25, 0.3) is 0 Å². The fourth-order valence-electron chi connectivity index (χ4n) is 2.73. The Morgan fingerprint density at radius 1 is 1.52 bits per heavy atom. The summed E-state index contributed by atoms with van der Waals surface area (Å²) in [6.07, 6.45) is 3.01. The minimum atomic E-state index is 0. The molecule has 1 aliphatic rings. The highest BCUT2D eigenvalue weighted by Gasteiger charge is 2.24. The van der Waals surface area contributed by atoms with Gasteiger partial charge < -0.3 is 19.9 Å². The SMILES string of the molecule is CN=C(NCc1ccnc(N(C)C)c1)N1CCC(COC)C1.I. The first kappa shape index (κ1) is 20.0. The molecule has 0 aromatic carbocycles. The summed E-state index contributed by atoms with van der Waals surface area (Å²) < 4.78 is 5.25. The zero-order valence-corrected chi connectivity index (χ0v) is 16.8. The van der Waals surface area contributed by atoms with E-state index in [1.807, 2.05) is 38.3 Å². The van der Waals surface area contributed by atoms with E-state index in [2.05, 4.69) is 26.3 Å². The molecule has 0 bridgehead atoms. The molecule has 6 nitrogen and oxygen atoms in total. The number of pyridine rings is 1. The van der Waals surface area contributed by atoms with Crippen LogP contribution in [-0.2, 0) is 11.3 Å². The van der Waals surface area contributed by atoms with Crippen LogP contribution in [0.15, 0.2) is 23.3 Å². The second kappa shape index (κ2) is 9.92. The number of hydrogen-bond donors (Lipinski definition) is 1. The van der Waals surface area contributed by atoms with Crippen LogP contribution in [0.1, 0.15) is 12.0 Å². The van der Waals surface area contributed by atoms with Gasteiger partial charge in [-0.05, 0) is 24.1 Å². The molecular formula is C16H28IN5O. The van der Waals surface area contributed by atoms with Crippen molar-refractivity contribution < 1.29 is 4.74 Å². The Hall–Kier alpha value is -1.09. The second-order valence-electron chi connectivity index (χ2n) is 5.87. The number of ether oxygens (including phenoxy) is 1. The number of rotatable bonds is 5. The van der Waals surface area contributed by atoms with Crippen molar-refractivity contribution in [2.75, 3.05) is 52.8 Å². The predicted octanol–water partition coefficient (Wildman–Crippen LogP) is 1.81. The van der Waals surface area contributed by atoms with Crippen molar-refractivity contribution in [1.82, 2.24) is 15.2 Å². The molecule has 1 aliphatic heterocycles. The number of halogens is 1. The van der Waals surface area contributed by atoms with E-state index in [-0.39, 0.29) is 24.0 Å². The number of nitrogens with one attached hydrogen (secondary N) is 1. The monoisotopic (exact) mass is 433 g/mol. The minimum absolute atomic E-state index is 0. The fraction of sp³-hybridized carbons (Fsp3) is 0.625. The number of aromatic nitrogens is 1. The van der Waals surface area contributed by atoms with Gasteiger partial charge in [-0.2, -0.15) is 0 Å². The molecule has 2 heterocycles. The summed E-state index contributed by atoms with van der Waals surface area (Å²) >= 11 is 0. The molecule has 23 heavy (non-hydrogen) atoms. The average Bonchev–Trinajstić information content (AvgIpc) is 2.97. The van der Waals surface area contributed by atoms with Gasteiger partial charge in [0, 0.05) is 60.0 Å². The van der Waals surface area contributed by atoms with E-state index < -0.39 is 0 Å². The van der Waals surface area contributed by atoms with Crippen molar-refractivity contribution in [3.8, 4) is 0 Å². The van der Waals surface area contributed by atoms with Gasteiger partial charge in [-0.1, -0.05) is 0 Å². The summed E-state index contributed by atoms with van der Waals surface area (Å²) in [6.45, 7) is 3.62. The largest absolute Gasteiger partial charge is 0.384 e. The van der Waals surface area contributed by atoms with Crippen LogP contribution in [0.25, 0.3) is 0 Å². The lowest BCUT2D eigenvalue weighted by molar-refractivity contribution is 0.157. The van der Waals surface area contributed by atoms with Crippen LogP contribution in [-0.4, -0.2) is 63.8 Å². The summed E-state index contributed by atoms with van der Waals surface area (Å²) in [5.74, 6) is 2.53. The van der Waals surface area contributed by atoms with Crippen LogP contribution in [0.3, 0.4) is 0 Å². The summed E-state index contributed by atoms with van der Waals surface area (Å²) in [5, 5.41) is 3.45. The third-order valence-corrected chi connectivity index (χ3v) is 3.92. The highest BCUT2D eigenvalue weighted by atomic mass is 127. The Labute approximate surface area is 156 Å². The molecule has 7 heteroatoms. The van der Waals surface area contributed by atoms with Gasteiger partial charge in [0.05, 0.1) is 6.61 Å². The first-order chi connectivity index (χ1) is 10.6. The predicted molar refractivity (Wildman–Crippen MR) is 106 cm³/mol. The van der Waals surface area contributed by atoms with E-state index in [9.17, 15) is 0 Å². The molecule has 0 saturated carbocycles. The number of anilines is 1. The van der Waals surface area contributed by atoms with Gasteiger partial charge in [0.1, 0.15) is 5.82 Å². The quantitative estimate of drug-likeness (QED) is 0.436. The highest BCUT2D eigenvalue weighted by molar-refractivity contribution is 14.0. The van der Waals surface area contributed by atoms with Crippen molar-refractivity contribution in [3.63, 3.8) is 0 Å². The molecule has 0 amide bonds. The molecule has 1 saturated heterocycles. The molecule has 1 N–H and O–H groups in total. The average molecular weight is 433 g/mol. The van der Waals surface area contributed by atoms with Crippen LogP contribution in [0, 0.1) is 5.92 Å². The maximum atomic E-state index is 5.25. The van der Waals surface area contributed by atoms with Crippen molar-refractivity contribution in [2.24, 2.45) is 10.9 Å². The number of guanidine groups is 1. The second-order valence-corrected chi connectivity index (χ2v) is 5.87. The molecule has 1 fully saturated rings. The fourth-order valence-corrected chi connectivity index (χ4v) is 2.73. The molecule has 1 aromatic heterocycles. The Kier molecular flexibility index (Phi) is 8.60. The van der Waals surface area contributed by atoms with Gasteiger partial charge in [0.2, 0.25) is 0 Å². The highest BCUT2D eigenvalue weighted by Crippen LogP contribution is 2.16. The maximum absolute atomic E-state index is 5.25. The third kappa shape index (κ3) is 5.80. The molecule has 130 valence electrons. The normalized spacial score (nSPS) is 17.8. The van der Waals surface area contributed by atoms with E-state index in [4.69, 9.17) is 4.74 Å². The van der Waals surface area contributed by atoms with Gasteiger partial charge in [0.15, 0.2) is 5.96 Å². The van der Waals surface area contributed by atoms with Crippen LogP contribution in [0.4, 0.5) is 5.82 Å². The first-order valence-corrected chi connectivity index (χ1v) is 7.70. The number of methoxy groups -OCH3 is 1. The Morgan fingerprint density at radius 2 is 2.30 bits per heavy atom. The van der Waals surface area contributed by atoms with Gasteiger partial charge >= 0.3 is 0 Å². The molecule has 0 spiro atoms. The molecule has 1 unspecified atom stereocenters. The van der Waals surface area contributed by atoms with Crippen LogP contribution < -0.4 is 10.2 Å². The number of nitrogens with zero attached hydrogens (tertiary/aromatic N) is 4. The lowest BCUT2D eigenvalue weighted by Crippen LogP contribution is -2.39. The maximum Gasteiger partial charge on any atom is 0.193 e. The molecular weight excluding hydrogens is 405 g/mol. The van der Waals surface area contributed by atoms with Crippen molar-refractivity contribution in [2.45, 2.75) is 13.0 Å². The van der Waals surface area contributed by atoms with Crippen molar-refractivity contribution in [1.29, 1.82) is 0 Å². The number of hydrogen-bond acceptors (Lipinski definition) is 4. The van der Waals surface area contributed by atoms with Crippen LogP contribution in [0.5, 0.6) is 0 Å². The van der Waals surface area contributed by atoms with E-state index in [1.54, 1.807) is 7.11 Å². The van der Waals surface area contributed by atoms with E-state index in [1.165, 1.54) is 5.56 Å². The third-order valence-electron chi connectivity index (χ3n) is 3.92. The topological polar surface area (TPSA) is 53.0 Å². The minimum Gasteiger partial charge on any atom is -0.384 e. The Bertz CT molecular complexity index is 509. The van der Waals surface area contributed by atoms with Crippen molar-refractivity contribution in [3.05, 3.63) is 23.9 Å². The van der Waals surface area contributed by atoms with Gasteiger partial charge in [-0.15, -0.1) is 24.0 Å². The standard InChI is InChI=1S/C16H27N5O.HI/c1-17-16(21-8-6-14(11-21)12-22-4)19-10-13-5-7-18-15(9-13)20(2)3;/h5,7,9,14H,6,8,10-12H2,1-4H3,(H,17,19);1H. The molecule has 0 aliphatic carbocycles. The lowest BCUT2D eigenvalue weighted by Gasteiger charge is -2.22. The van der Waals surface area contributed by atoms with E-state index >= 15 is 0 Å². The Balaban J connectivity index is 0.00000264. The lowest BCUT2D eigenvalue weighted by atomic mass is 10.1. The summed E-state index contributed by atoms with van der Waals surface area (Å²) in [6, 6.07) is 4.13. The summed E-state index contributed by atoms with van der Waals surface area (Å²) in [5.41, 5.74) is 1.20. The van der Waals surface area contributed by atoms with Crippen LogP contribution >= 0.6 is 24.0 Å². The molecule has 0 radical (unpaired) electrons. The van der Waals surface area contributed by atoms with Crippen molar-refractivity contribution >= 4 is 35.8 Å². The molecule has 2 rings (SSSR count). The molecule has 1 aromatic rings. The first-order valence-electron chi connectivity index (χ1n) is 7.70. The summed E-state index contributed by atoms with van der Waals surface area (Å²) in [4.78, 5) is 13.1. The molecule has 1 atom stereocenters. The van der Waals surface area contributed by atoms with Crippen LogP contribution in [0.2, 0.25) is 0 Å². The van der Waals surface area contributed by atoms with Gasteiger partial charge in [-0.3, -0.25) is 4.99 Å². The number of likely N-dealkylation sites (tertiary alicyclic amines) is 1. The van der Waals surface area contributed by atoms with E-state index in [0.29, 0.717) is 5.92 Å². The van der Waals surface area contributed by atoms with E-state index in [0.717, 1.165) is 44.4 Å². The van der Waals surface area contributed by atoms with Gasteiger partial charge in [-0.25, -0.2) is 4.98 Å². The Morgan fingerprint density at radius 3 is 2.96 bits per heavy atom. The summed E-state index contributed by atoms with van der Waals surface area (Å²) in [7, 11) is 7.60. The zero-order valence-electron chi connectivity index (χ0n) is 14.5.